The van der Waals surface area contributed by atoms with Gasteiger partial charge < -0.3 is 25.4 Å². The number of methoxy groups -OCH3 is 2. The summed E-state index contributed by atoms with van der Waals surface area (Å²) in [5.41, 5.74) is 5.23. The molecule has 5 aromatic rings. The minimum atomic E-state index is -0.523. The third-order valence-corrected chi connectivity index (χ3v) is 8.95. The van der Waals surface area contributed by atoms with E-state index in [2.05, 4.69) is 16.0 Å². The molecule has 1 unspecified atom stereocenters. The number of ether oxygens (including phenoxy) is 2. The molecule has 0 aliphatic carbocycles. The third kappa shape index (κ3) is 8.97. The maximum absolute atomic E-state index is 13.7. The molecular formula is C40H37N3O5S. The van der Waals surface area contributed by atoms with E-state index in [1.165, 1.54) is 18.9 Å². The van der Waals surface area contributed by atoms with Crippen molar-refractivity contribution >= 4 is 46.9 Å². The summed E-state index contributed by atoms with van der Waals surface area (Å²) in [7, 11) is 3.07. The number of benzene rings is 5. The minimum absolute atomic E-state index is 0.0341. The lowest BCUT2D eigenvalue weighted by atomic mass is 10.1. The van der Waals surface area contributed by atoms with Crippen LogP contribution in [0.25, 0.3) is 6.08 Å². The molecular weight excluding hydrogens is 635 g/mol. The van der Waals surface area contributed by atoms with Crippen LogP contribution in [0.1, 0.15) is 37.9 Å². The zero-order valence-electron chi connectivity index (χ0n) is 27.7. The van der Waals surface area contributed by atoms with Gasteiger partial charge in [0.2, 0.25) is 5.91 Å². The molecule has 9 heteroatoms. The van der Waals surface area contributed by atoms with Crippen LogP contribution in [-0.4, -0.2) is 31.9 Å². The van der Waals surface area contributed by atoms with E-state index in [0.29, 0.717) is 28.3 Å². The van der Waals surface area contributed by atoms with E-state index < -0.39 is 17.1 Å². The number of aryl methyl sites for hydroxylation is 2. The lowest BCUT2D eigenvalue weighted by Gasteiger charge is -2.19. The topological polar surface area (TPSA) is 106 Å². The number of hydrogen-bond acceptors (Lipinski definition) is 6. The highest BCUT2D eigenvalue weighted by Crippen LogP contribution is 2.37. The first kappa shape index (κ1) is 34.5. The van der Waals surface area contributed by atoms with Gasteiger partial charge in [-0.3, -0.25) is 14.4 Å². The average molecular weight is 672 g/mol. The predicted octanol–water partition coefficient (Wildman–Crippen LogP) is 8.20. The normalized spacial score (nSPS) is 11.6. The Bertz CT molecular complexity index is 1940. The Labute approximate surface area is 290 Å². The van der Waals surface area contributed by atoms with Gasteiger partial charge in [-0.1, -0.05) is 72.8 Å². The smallest absolute Gasteiger partial charge is 0.272 e. The summed E-state index contributed by atoms with van der Waals surface area (Å²) in [6.07, 6.45) is 1.57. The maximum Gasteiger partial charge on any atom is 0.272 e. The van der Waals surface area contributed by atoms with Crippen molar-refractivity contribution < 1.29 is 23.9 Å². The molecule has 1 atom stereocenters. The quantitative estimate of drug-likeness (QED) is 0.0913. The lowest BCUT2D eigenvalue weighted by Crippen LogP contribution is -2.30. The molecule has 0 fully saturated rings. The Morgan fingerprint density at radius 2 is 1.33 bits per heavy atom. The van der Waals surface area contributed by atoms with E-state index in [1.807, 2.05) is 80.6 Å². The van der Waals surface area contributed by atoms with Crippen LogP contribution in [0, 0.1) is 13.8 Å². The SMILES string of the molecule is COc1ccc(/C=C(\NC(=O)c2ccccc2)C(=O)Nc2ccc(SC(C(=O)Nc3c(C)cccc3C)c3ccccc3)cc2)cc1OC. The predicted molar refractivity (Wildman–Crippen MR) is 196 cm³/mol. The molecule has 49 heavy (non-hydrogen) atoms. The highest BCUT2D eigenvalue weighted by molar-refractivity contribution is 8.00. The summed E-state index contributed by atoms with van der Waals surface area (Å²) in [5.74, 6) is -0.0655. The number of rotatable bonds is 12. The van der Waals surface area contributed by atoms with Gasteiger partial charge >= 0.3 is 0 Å². The number of para-hydroxylation sites is 1. The molecule has 3 amide bonds. The van der Waals surface area contributed by atoms with Crippen LogP contribution < -0.4 is 25.4 Å². The number of carbonyl (C=O) groups excluding carboxylic acids is 3. The average Bonchev–Trinajstić information content (AvgIpc) is 3.13. The van der Waals surface area contributed by atoms with Crippen molar-refractivity contribution in [2.75, 3.05) is 24.9 Å². The van der Waals surface area contributed by atoms with Crippen LogP contribution in [-0.2, 0) is 9.59 Å². The third-order valence-electron chi connectivity index (χ3n) is 7.68. The van der Waals surface area contributed by atoms with Crippen molar-refractivity contribution in [1.82, 2.24) is 5.32 Å². The van der Waals surface area contributed by atoms with E-state index in [9.17, 15) is 14.4 Å². The van der Waals surface area contributed by atoms with E-state index in [4.69, 9.17) is 9.47 Å². The van der Waals surface area contributed by atoms with Gasteiger partial charge in [0.15, 0.2) is 11.5 Å². The molecule has 0 aliphatic heterocycles. The first-order valence-corrected chi connectivity index (χ1v) is 16.4. The van der Waals surface area contributed by atoms with Gasteiger partial charge in [0.05, 0.1) is 14.2 Å². The molecule has 8 nitrogen and oxygen atoms in total. The van der Waals surface area contributed by atoms with Gasteiger partial charge in [0.25, 0.3) is 11.8 Å². The van der Waals surface area contributed by atoms with Crippen molar-refractivity contribution in [2.45, 2.75) is 24.0 Å². The second-order valence-electron chi connectivity index (χ2n) is 11.1. The fourth-order valence-electron chi connectivity index (χ4n) is 5.10. The Morgan fingerprint density at radius 3 is 1.96 bits per heavy atom. The molecule has 5 rings (SSSR count). The van der Waals surface area contributed by atoms with Crippen LogP contribution in [0.3, 0.4) is 0 Å². The van der Waals surface area contributed by atoms with Crippen LogP contribution in [0.4, 0.5) is 11.4 Å². The number of nitrogens with one attached hydrogen (secondary N) is 3. The summed E-state index contributed by atoms with van der Waals surface area (Å²) in [6.45, 7) is 3.95. The van der Waals surface area contributed by atoms with Gasteiger partial charge in [-0.25, -0.2) is 0 Å². The van der Waals surface area contributed by atoms with Gasteiger partial charge in [0, 0.05) is 21.8 Å². The first-order chi connectivity index (χ1) is 23.7. The minimum Gasteiger partial charge on any atom is -0.493 e. The molecule has 5 aromatic carbocycles. The van der Waals surface area contributed by atoms with Crippen molar-refractivity contribution in [3.8, 4) is 11.5 Å². The standard InChI is InChI=1S/C40H37N3O5S/c1-26-12-11-13-27(2)36(26)43-40(46)37(29-14-7-5-8-15-29)49-32-21-19-31(20-22-32)41-39(45)33(42-38(44)30-16-9-6-10-17-30)24-28-18-23-34(47-3)35(25-28)48-4/h5-25,37H,1-4H3,(H,41,45)(H,42,44)(H,43,46)/b33-24-. The highest BCUT2D eigenvalue weighted by Gasteiger charge is 2.23. The van der Waals surface area contributed by atoms with Gasteiger partial charge in [-0.15, -0.1) is 11.8 Å². The van der Waals surface area contributed by atoms with Crippen molar-refractivity contribution in [3.05, 3.63) is 155 Å². The number of thioether (sulfide) groups is 1. The van der Waals surface area contributed by atoms with Crippen LogP contribution >= 0.6 is 11.8 Å². The maximum atomic E-state index is 13.7. The molecule has 0 heterocycles. The van der Waals surface area contributed by atoms with Crippen LogP contribution in [0.2, 0.25) is 0 Å². The molecule has 0 bridgehead atoms. The number of hydrogen-bond donors (Lipinski definition) is 3. The fourth-order valence-corrected chi connectivity index (χ4v) is 6.13. The summed E-state index contributed by atoms with van der Waals surface area (Å²) in [6, 6.07) is 36.6. The highest BCUT2D eigenvalue weighted by atomic mass is 32.2. The Kier molecular flexibility index (Phi) is 11.5. The van der Waals surface area contributed by atoms with Crippen molar-refractivity contribution in [3.63, 3.8) is 0 Å². The molecule has 0 aliphatic rings. The summed E-state index contributed by atoms with van der Waals surface area (Å²) in [5, 5.41) is 8.25. The van der Waals surface area contributed by atoms with E-state index >= 15 is 0 Å². The van der Waals surface area contributed by atoms with Gasteiger partial charge in [-0.05, 0) is 90.7 Å². The van der Waals surface area contributed by atoms with Crippen LogP contribution in [0.5, 0.6) is 11.5 Å². The second-order valence-corrected chi connectivity index (χ2v) is 12.3. The summed E-state index contributed by atoms with van der Waals surface area (Å²) >= 11 is 1.41. The van der Waals surface area contributed by atoms with E-state index in [1.54, 1.807) is 67.8 Å². The molecule has 0 spiro atoms. The zero-order valence-corrected chi connectivity index (χ0v) is 28.5. The molecule has 248 valence electrons. The number of carbonyl (C=O) groups is 3. The van der Waals surface area contributed by atoms with Crippen LogP contribution in [0.15, 0.2) is 132 Å². The van der Waals surface area contributed by atoms with Crippen molar-refractivity contribution in [1.29, 1.82) is 0 Å². The van der Waals surface area contributed by atoms with E-state index in [0.717, 1.165) is 27.3 Å². The molecule has 0 saturated carbocycles. The van der Waals surface area contributed by atoms with Gasteiger partial charge in [-0.2, -0.15) is 0 Å². The Balaban J connectivity index is 1.36. The molecule has 0 saturated heterocycles. The van der Waals surface area contributed by atoms with Gasteiger partial charge in [0.1, 0.15) is 10.9 Å². The second kappa shape index (κ2) is 16.3. The monoisotopic (exact) mass is 671 g/mol. The lowest BCUT2D eigenvalue weighted by molar-refractivity contribution is -0.116. The van der Waals surface area contributed by atoms with Crippen molar-refractivity contribution in [2.24, 2.45) is 0 Å². The van der Waals surface area contributed by atoms with E-state index in [-0.39, 0.29) is 11.6 Å². The zero-order chi connectivity index (χ0) is 34.8. The number of amides is 3. The molecule has 3 N–H and O–H groups in total. The summed E-state index contributed by atoms with van der Waals surface area (Å²) in [4.78, 5) is 41.2. The largest absolute Gasteiger partial charge is 0.493 e. The summed E-state index contributed by atoms with van der Waals surface area (Å²) < 4.78 is 10.8. The molecule has 0 aromatic heterocycles. The number of anilines is 2. The molecule has 0 radical (unpaired) electrons. The fraction of sp³-hybridized carbons (Fsp3) is 0.125. The first-order valence-electron chi connectivity index (χ1n) is 15.6. The Morgan fingerprint density at radius 1 is 0.694 bits per heavy atom. The Hall–Kier alpha value is -5.80.